The molecule has 0 saturated carbocycles. The minimum absolute atomic E-state index is 0.280. The molecule has 1 atom stereocenters. The number of oxime groups is 1. The molecule has 1 aliphatic rings. The number of rotatable bonds is 2. The largest absolute Gasteiger partial charge is 0.368 e. The van der Waals surface area contributed by atoms with E-state index in [2.05, 4.69) is 10.6 Å². The third-order valence-electron chi connectivity index (χ3n) is 3.08. The lowest BCUT2D eigenvalue weighted by Crippen LogP contribution is -2.46. The van der Waals surface area contributed by atoms with E-state index < -0.39 is 0 Å². The lowest BCUT2D eigenvalue weighted by molar-refractivity contribution is -0.0237. The van der Waals surface area contributed by atoms with Crippen LogP contribution in [0.4, 0.5) is 0 Å². The first-order valence-corrected chi connectivity index (χ1v) is 6.66. The lowest BCUT2D eigenvalue weighted by atomic mass is 10.2. The van der Waals surface area contributed by atoms with Crippen LogP contribution in [0.3, 0.4) is 0 Å². The third-order valence-corrected chi connectivity index (χ3v) is 3.33. The van der Waals surface area contributed by atoms with Crippen LogP contribution in [0, 0.1) is 0 Å². The maximum atomic E-state index is 5.89. The van der Waals surface area contributed by atoms with Crippen molar-refractivity contribution in [2.24, 2.45) is 5.16 Å². The van der Waals surface area contributed by atoms with Crippen LogP contribution < -0.4 is 5.43 Å². The van der Waals surface area contributed by atoms with Crippen molar-refractivity contribution in [1.82, 2.24) is 10.4 Å². The highest BCUT2D eigenvalue weighted by atomic mass is 35.5. The molecular formula is C15H14ClN3O. The van der Waals surface area contributed by atoms with Crippen molar-refractivity contribution in [3.63, 3.8) is 0 Å². The summed E-state index contributed by atoms with van der Waals surface area (Å²) in [7, 11) is 1.91. The molecule has 102 valence electrons. The Morgan fingerprint density at radius 2 is 1.80 bits per heavy atom. The van der Waals surface area contributed by atoms with Crippen molar-refractivity contribution in [3.8, 4) is 0 Å². The summed E-state index contributed by atoms with van der Waals surface area (Å²) >= 11 is 5.89. The summed E-state index contributed by atoms with van der Waals surface area (Å²) in [6, 6.07) is 17.4. The van der Waals surface area contributed by atoms with Crippen molar-refractivity contribution in [2.75, 3.05) is 7.05 Å². The Morgan fingerprint density at radius 1 is 1.10 bits per heavy atom. The van der Waals surface area contributed by atoms with Gasteiger partial charge in [0.05, 0.1) is 0 Å². The standard InChI is InChI=1S/C15H14ClN3O/c1-19-14(11-7-9-13(16)10-8-11)18-20-15(17-19)12-5-3-2-4-6-12/h2-10,15,17H,1H3. The highest BCUT2D eigenvalue weighted by molar-refractivity contribution is 6.30. The van der Waals surface area contributed by atoms with Gasteiger partial charge >= 0.3 is 0 Å². The third kappa shape index (κ3) is 2.61. The maximum absolute atomic E-state index is 5.89. The number of nitrogens with zero attached hydrogens (tertiary/aromatic N) is 2. The van der Waals surface area contributed by atoms with Crippen molar-refractivity contribution in [2.45, 2.75) is 6.23 Å². The van der Waals surface area contributed by atoms with E-state index in [0.29, 0.717) is 10.9 Å². The summed E-state index contributed by atoms with van der Waals surface area (Å²) in [5, 5.41) is 6.75. The Morgan fingerprint density at radius 3 is 2.45 bits per heavy atom. The first kappa shape index (κ1) is 13.0. The fourth-order valence-electron chi connectivity index (χ4n) is 2.03. The minimum Gasteiger partial charge on any atom is -0.368 e. The normalized spacial score (nSPS) is 18.4. The van der Waals surface area contributed by atoms with Crippen LogP contribution in [0.15, 0.2) is 59.8 Å². The van der Waals surface area contributed by atoms with Gasteiger partial charge in [-0.2, -0.15) is 5.43 Å². The van der Waals surface area contributed by atoms with E-state index in [-0.39, 0.29) is 6.23 Å². The summed E-state index contributed by atoms with van der Waals surface area (Å²) in [6.07, 6.45) is -0.280. The van der Waals surface area contributed by atoms with Gasteiger partial charge in [0.2, 0.25) is 6.23 Å². The Labute approximate surface area is 122 Å². The molecule has 0 radical (unpaired) electrons. The number of nitrogens with one attached hydrogen (secondary N) is 1. The molecule has 1 unspecified atom stereocenters. The molecule has 1 N–H and O–H groups in total. The second-order valence-electron chi connectivity index (χ2n) is 4.51. The van der Waals surface area contributed by atoms with Crippen LogP contribution in [0.5, 0.6) is 0 Å². The highest BCUT2D eigenvalue weighted by Gasteiger charge is 2.23. The zero-order chi connectivity index (χ0) is 13.9. The van der Waals surface area contributed by atoms with Crippen LogP contribution in [-0.4, -0.2) is 17.9 Å². The van der Waals surface area contributed by atoms with E-state index in [9.17, 15) is 0 Å². The van der Waals surface area contributed by atoms with Gasteiger partial charge in [-0.25, -0.2) is 0 Å². The van der Waals surface area contributed by atoms with E-state index in [1.165, 1.54) is 0 Å². The number of amidine groups is 1. The van der Waals surface area contributed by atoms with Gasteiger partial charge in [0.1, 0.15) is 0 Å². The molecule has 0 aromatic heterocycles. The lowest BCUT2D eigenvalue weighted by Gasteiger charge is -2.31. The summed E-state index contributed by atoms with van der Waals surface area (Å²) < 4.78 is 0. The van der Waals surface area contributed by atoms with Crippen LogP contribution in [0.25, 0.3) is 0 Å². The highest BCUT2D eigenvalue weighted by Crippen LogP contribution is 2.20. The molecule has 2 aromatic carbocycles. The number of hydrazine groups is 1. The molecule has 0 bridgehead atoms. The van der Waals surface area contributed by atoms with E-state index in [0.717, 1.165) is 11.1 Å². The molecule has 2 aromatic rings. The summed E-state index contributed by atoms with van der Waals surface area (Å²) in [5.74, 6) is 0.717. The fourth-order valence-corrected chi connectivity index (χ4v) is 2.16. The molecule has 1 aliphatic heterocycles. The van der Waals surface area contributed by atoms with Crippen LogP contribution in [-0.2, 0) is 4.84 Å². The monoisotopic (exact) mass is 287 g/mol. The van der Waals surface area contributed by atoms with E-state index in [1.807, 2.05) is 66.7 Å². The van der Waals surface area contributed by atoms with Crippen molar-refractivity contribution in [3.05, 3.63) is 70.7 Å². The molecule has 4 nitrogen and oxygen atoms in total. The Bertz CT molecular complexity index is 613. The molecular weight excluding hydrogens is 274 g/mol. The van der Waals surface area contributed by atoms with Crippen molar-refractivity contribution in [1.29, 1.82) is 0 Å². The summed E-state index contributed by atoms with van der Waals surface area (Å²) in [5.41, 5.74) is 5.21. The molecule has 20 heavy (non-hydrogen) atoms. The maximum Gasteiger partial charge on any atom is 0.220 e. The van der Waals surface area contributed by atoms with Gasteiger partial charge in [-0.3, -0.25) is 5.01 Å². The van der Waals surface area contributed by atoms with Gasteiger partial charge in [0, 0.05) is 23.2 Å². The second-order valence-corrected chi connectivity index (χ2v) is 4.94. The van der Waals surface area contributed by atoms with Crippen LogP contribution in [0.2, 0.25) is 5.02 Å². The van der Waals surface area contributed by atoms with Crippen molar-refractivity contribution < 1.29 is 4.84 Å². The van der Waals surface area contributed by atoms with Gasteiger partial charge < -0.3 is 4.84 Å². The second kappa shape index (κ2) is 5.53. The first-order chi connectivity index (χ1) is 9.74. The Balaban J connectivity index is 1.83. The Hall–Kier alpha value is -2.04. The van der Waals surface area contributed by atoms with Gasteiger partial charge in [-0.05, 0) is 24.3 Å². The predicted molar refractivity (Wildman–Crippen MR) is 79.2 cm³/mol. The zero-order valence-corrected chi connectivity index (χ0v) is 11.7. The molecule has 1 heterocycles. The van der Waals surface area contributed by atoms with E-state index in [1.54, 1.807) is 0 Å². The quantitative estimate of drug-likeness (QED) is 0.922. The summed E-state index contributed by atoms with van der Waals surface area (Å²) in [6.45, 7) is 0. The number of benzene rings is 2. The minimum atomic E-state index is -0.280. The topological polar surface area (TPSA) is 36.9 Å². The number of hydrogen-bond acceptors (Lipinski definition) is 4. The van der Waals surface area contributed by atoms with Gasteiger partial charge in [0.25, 0.3) is 0 Å². The Kier molecular flexibility index (Phi) is 3.58. The zero-order valence-electron chi connectivity index (χ0n) is 11.0. The smallest absolute Gasteiger partial charge is 0.220 e. The van der Waals surface area contributed by atoms with E-state index in [4.69, 9.17) is 16.4 Å². The average Bonchev–Trinajstić information content (AvgIpc) is 2.49. The SMILES string of the molecule is CN1NC(c2ccccc2)ON=C1c1ccc(Cl)cc1. The first-order valence-electron chi connectivity index (χ1n) is 6.28. The predicted octanol–water partition coefficient (Wildman–Crippen LogP) is 3.17. The van der Waals surface area contributed by atoms with Gasteiger partial charge in [-0.1, -0.05) is 47.1 Å². The van der Waals surface area contributed by atoms with Crippen LogP contribution in [0.1, 0.15) is 17.4 Å². The average molecular weight is 288 g/mol. The number of halogens is 1. The number of hydrogen-bond donors (Lipinski definition) is 1. The molecule has 0 saturated heterocycles. The van der Waals surface area contributed by atoms with E-state index >= 15 is 0 Å². The molecule has 5 heteroatoms. The molecule has 3 rings (SSSR count). The molecule has 0 amide bonds. The van der Waals surface area contributed by atoms with Crippen molar-refractivity contribution >= 4 is 17.4 Å². The molecule has 0 spiro atoms. The molecule has 0 fully saturated rings. The fraction of sp³-hybridized carbons (Fsp3) is 0.133. The van der Waals surface area contributed by atoms with Gasteiger partial charge in [0.15, 0.2) is 5.84 Å². The van der Waals surface area contributed by atoms with Crippen LogP contribution >= 0.6 is 11.6 Å². The molecule has 0 aliphatic carbocycles. The summed E-state index contributed by atoms with van der Waals surface area (Å²) in [4.78, 5) is 5.53. The van der Waals surface area contributed by atoms with Gasteiger partial charge in [-0.15, -0.1) is 0 Å².